The molecule has 0 radical (unpaired) electrons. The lowest BCUT2D eigenvalue weighted by Gasteiger charge is -2.19. The molecule has 1 heterocycles. The average molecular weight is 250 g/mol. The van der Waals surface area contributed by atoms with E-state index in [9.17, 15) is 19.8 Å². The number of hydrogen-bond acceptors (Lipinski definition) is 4. The van der Waals surface area contributed by atoms with Crippen molar-refractivity contribution in [2.75, 3.05) is 11.4 Å². The van der Waals surface area contributed by atoms with Gasteiger partial charge in [-0.1, -0.05) is 6.07 Å². The maximum atomic E-state index is 11.8. The highest BCUT2D eigenvalue weighted by molar-refractivity contribution is 6.01. The number of benzene rings is 1. The van der Waals surface area contributed by atoms with E-state index in [4.69, 9.17) is 5.73 Å². The topological polar surface area (TPSA) is 104 Å². The lowest BCUT2D eigenvalue weighted by Crippen LogP contribution is -2.39. The van der Waals surface area contributed by atoms with Gasteiger partial charge in [-0.2, -0.15) is 0 Å². The molecular formula is C12H14N2O4. The number of carbonyl (C=O) groups is 2. The molecule has 2 rings (SSSR count). The summed E-state index contributed by atoms with van der Waals surface area (Å²) in [4.78, 5) is 24.1. The summed E-state index contributed by atoms with van der Waals surface area (Å²) in [6.45, 7) is 1.35. The molecule has 6 nitrogen and oxygen atoms in total. The van der Waals surface area contributed by atoms with Gasteiger partial charge in [0.05, 0.1) is 6.54 Å². The summed E-state index contributed by atoms with van der Waals surface area (Å²) < 4.78 is 0. The van der Waals surface area contributed by atoms with Gasteiger partial charge in [-0.3, -0.25) is 9.59 Å². The fourth-order valence-electron chi connectivity index (χ4n) is 1.94. The number of amides is 2. The number of primary amides is 1. The summed E-state index contributed by atoms with van der Waals surface area (Å²) in [6.07, 6.45) is -1.46. The monoisotopic (exact) mass is 250 g/mol. The van der Waals surface area contributed by atoms with Crippen molar-refractivity contribution in [3.05, 3.63) is 29.8 Å². The van der Waals surface area contributed by atoms with E-state index in [1.807, 2.05) is 0 Å². The van der Waals surface area contributed by atoms with Gasteiger partial charge < -0.3 is 20.8 Å². The second kappa shape index (κ2) is 4.08. The quantitative estimate of drug-likeness (QED) is 0.642. The molecule has 4 N–H and O–H groups in total. The maximum Gasteiger partial charge on any atom is 0.258 e. The van der Waals surface area contributed by atoms with Gasteiger partial charge in [0.25, 0.3) is 5.91 Å². The molecule has 0 spiro atoms. The molecular weight excluding hydrogens is 236 g/mol. The first-order chi connectivity index (χ1) is 8.33. The van der Waals surface area contributed by atoms with Gasteiger partial charge in [-0.15, -0.1) is 0 Å². The molecule has 1 aromatic carbocycles. The van der Waals surface area contributed by atoms with Crippen LogP contribution >= 0.6 is 0 Å². The largest absolute Gasteiger partial charge is 0.385 e. The molecule has 2 amide bonds. The molecule has 1 aromatic rings. The molecule has 1 saturated heterocycles. The molecule has 2 atom stereocenters. The Morgan fingerprint density at radius 2 is 2.22 bits per heavy atom. The molecule has 0 bridgehead atoms. The van der Waals surface area contributed by atoms with Crippen molar-refractivity contribution in [1.29, 1.82) is 0 Å². The SMILES string of the molecule is CC1(O)CN(c2cccc(C(N)=O)c2)C(=O)C1O. The van der Waals surface area contributed by atoms with Crippen molar-refractivity contribution in [3.8, 4) is 0 Å². The Hall–Kier alpha value is -1.92. The lowest BCUT2D eigenvalue weighted by molar-refractivity contribution is -0.130. The average Bonchev–Trinajstić information content (AvgIpc) is 2.53. The zero-order valence-corrected chi connectivity index (χ0v) is 9.83. The van der Waals surface area contributed by atoms with E-state index in [1.54, 1.807) is 12.1 Å². The zero-order chi connectivity index (χ0) is 13.5. The van der Waals surface area contributed by atoms with Crippen molar-refractivity contribution in [2.24, 2.45) is 5.73 Å². The number of aliphatic hydroxyl groups is 2. The Balaban J connectivity index is 2.36. The van der Waals surface area contributed by atoms with Crippen LogP contribution in [0.4, 0.5) is 5.69 Å². The number of β-amino-alcohol motifs (C(OH)–C–C–N with tert-alkyl or cyclic N) is 1. The van der Waals surface area contributed by atoms with Crippen LogP contribution in [0.15, 0.2) is 24.3 Å². The van der Waals surface area contributed by atoms with Crippen molar-refractivity contribution in [1.82, 2.24) is 0 Å². The van der Waals surface area contributed by atoms with E-state index >= 15 is 0 Å². The molecule has 6 heteroatoms. The Bertz CT molecular complexity index is 513. The van der Waals surface area contributed by atoms with E-state index in [0.717, 1.165) is 0 Å². The van der Waals surface area contributed by atoms with Gasteiger partial charge in [0.15, 0.2) is 6.10 Å². The van der Waals surface area contributed by atoms with Gasteiger partial charge in [0, 0.05) is 11.3 Å². The van der Waals surface area contributed by atoms with E-state index in [2.05, 4.69) is 0 Å². The molecule has 1 aliphatic rings. The first kappa shape index (κ1) is 12.5. The Morgan fingerprint density at radius 3 is 2.72 bits per heavy atom. The number of anilines is 1. The number of aliphatic hydroxyl groups excluding tert-OH is 1. The molecule has 2 unspecified atom stereocenters. The van der Waals surface area contributed by atoms with Crippen molar-refractivity contribution in [3.63, 3.8) is 0 Å². The molecule has 0 saturated carbocycles. The van der Waals surface area contributed by atoms with Crippen LogP contribution in [0.1, 0.15) is 17.3 Å². The van der Waals surface area contributed by atoms with Crippen LogP contribution in [-0.2, 0) is 4.79 Å². The highest BCUT2D eigenvalue weighted by Gasteiger charge is 2.47. The van der Waals surface area contributed by atoms with E-state index in [1.165, 1.54) is 24.0 Å². The Labute approximate surface area is 104 Å². The minimum Gasteiger partial charge on any atom is -0.385 e. The third-order valence-electron chi connectivity index (χ3n) is 3.01. The molecule has 1 fully saturated rings. The smallest absolute Gasteiger partial charge is 0.258 e. The van der Waals surface area contributed by atoms with Crippen molar-refractivity contribution in [2.45, 2.75) is 18.6 Å². The summed E-state index contributed by atoms with van der Waals surface area (Å²) in [5.41, 5.74) is 4.34. The molecule has 0 aromatic heterocycles. The van der Waals surface area contributed by atoms with E-state index < -0.39 is 23.5 Å². The van der Waals surface area contributed by atoms with Crippen LogP contribution in [-0.4, -0.2) is 40.3 Å². The van der Waals surface area contributed by atoms with Gasteiger partial charge >= 0.3 is 0 Å². The minimum atomic E-state index is -1.50. The van der Waals surface area contributed by atoms with Crippen LogP contribution in [0.2, 0.25) is 0 Å². The van der Waals surface area contributed by atoms with Gasteiger partial charge in [0.1, 0.15) is 5.60 Å². The molecule has 0 aliphatic carbocycles. The third kappa shape index (κ3) is 1.96. The predicted molar refractivity (Wildman–Crippen MR) is 63.9 cm³/mol. The third-order valence-corrected chi connectivity index (χ3v) is 3.01. The lowest BCUT2D eigenvalue weighted by atomic mass is 10.0. The second-order valence-corrected chi connectivity index (χ2v) is 4.60. The van der Waals surface area contributed by atoms with E-state index in [0.29, 0.717) is 5.69 Å². The highest BCUT2D eigenvalue weighted by Crippen LogP contribution is 2.28. The number of carbonyl (C=O) groups excluding carboxylic acids is 2. The fourth-order valence-corrected chi connectivity index (χ4v) is 1.94. The molecule has 18 heavy (non-hydrogen) atoms. The van der Waals surface area contributed by atoms with Crippen molar-refractivity contribution >= 4 is 17.5 Å². The summed E-state index contributed by atoms with van der Waals surface area (Å²) in [7, 11) is 0. The van der Waals surface area contributed by atoms with E-state index in [-0.39, 0.29) is 12.1 Å². The number of nitrogens with two attached hydrogens (primary N) is 1. The number of hydrogen-bond donors (Lipinski definition) is 3. The van der Waals surface area contributed by atoms with Crippen molar-refractivity contribution < 1.29 is 19.8 Å². The summed E-state index contributed by atoms with van der Waals surface area (Å²) in [6, 6.07) is 6.18. The first-order valence-electron chi connectivity index (χ1n) is 5.44. The first-order valence-corrected chi connectivity index (χ1v) is 5.44. The van der Waals surface area contributed by atoms with Crippen LogP contribution in [0, 0.1) is 0 Å². The second-order valence-electron chi connectivity index (χ2n) is 4.60. The number of rotatable bonds is 2. The van der Waals surface area contributed by atoms with Gasteiger partial charge in [0.2, 0.25) is 5.91 Å². The normalized spacial score (nSPS) is 27.6. The maximum absolute atomic E-state index is 11.8. The Morgan fingerprint density at radius 1 is 1.56 bits per heavy atom. The molecule has 1 aliphatic heterocycles. The van der Waals surface area contributed by atoms with Crippen LogP contribution in [0.25, 0.3) is 0 Å². The number of nitrogens with zero attached hydrogens (tertiary/aromatic N) is 1. The fraction of sp³-hybridized carbons (Fsp3) is 0.333. The van der Waals surface area contributed by atoms with Crippen LogP contribution in [0.5, 0.6) is 0 Å². The minimum absolute atomic E-state index is 0.0325. The van der Waals surface area contributed by atoms with Crippen LogP contribution < -0.4 is 10.6 Å². The summed E-state index contributed by atoms with van der Waals surface area (Å²) >= 11 is 0. The zero-order valence-electron chi connectivity index (χ0n) is 9.83. The standard InChI is InChI=1S/C12H14N2O4/c1-12(18)6-14(11(17)9(12)15)8-4-2-3-7(5-8)10(13)16/h2-5,9,15,18H,6H2,1H3,(H2,13,16). The molecule has 96 valence electrons. The van der Waals surface area contributed by atoms with Gasteiger partial charge in [-0.25, -0.2) is 0 Å². The summed E-state index contributed by atoms with van der Waals surface area (Å²) in [5, 5.41) is 19.4. The highest BCUT2D eigenvalue weighted by atomic mass is 16.4. The summed E-state index contributed by atoms with van der Waals surface area (Å²) in [5.74, 6) is -1.20. The Kier molecular flexibility index (Phi) is 2.84. The van der Waals surface area contributed by atoms with Gasteiger partial charge in [-0.05, 0) is 25.1 Å². The van der Waals surface area contributed by atoms with Crippen LogP contribution in [0.3, 0.4) is 0 Å². The predicted octanol–water partition coefficient (Wildman–Crippen LogP) is -0.756.